The number of hydrogen-bond donors (Lipinski definition) is 2. The molecule has 0 aromatic heterocycles. The summed E-state index contributed by atoms with van der Waals surface area (Å²) in [5, 5.41) is 5.65. The van der Waals surface area contributed by atoms with Crippen molar-refractivity contribution < 1.29 is 14.3 Å². The number of ether oxygens (including phenoxy) is 1. The molecule has 0 saturated heterocycles. The van der Waals surface area contributed by atoms with Crippen molar-refractivity contribution in [2.45, 2.75) is 6.92 Å². The molecule has 2 N–H and O–H groups in total. The van der Waals surface area contributed by atoms with Gasteiger partial charge in [0, 0.05) is 0 Å². The van der Waals surface area contributed by atoms with Crippen molar-refractivity contribution in [3.05, 3.63) is 88.9 Å². The van der Waals surface area contributed by atoms with Crippen molar-refractivity contribution in [3.63, 3.8) is 0 Å². The molecular weight excluding hydrogens is 376 g/mol. The van der Waals surface area contributed by atoms with Crippen LogP contribution in [0.2, 0.25) is 5.02 Å². The number of hydrogen-bond acceptors (Lipinski definition) is 3. The number of nitrogens with one attached hydrogen (secondary N) is 2. The minimum absolute atomic E-state index is 0.192. The van der Waals surface area contributed by atoms with Gasteiger partial charge in [-0.25, -0.2) is 0 Å². The van der Waals surface area contributed by atoms with E-state index in [2.05, 4.69) is 10.6 Å². The van der Waals surface area contributed by atoms with Gasteiger partial charge in [0.05, 0.1) is 22.8 Å². The molecule has 28 heavy (non-hydrogen) atoms. The van der Waals surface area contributed by atoms with Crippen molar-refractivity contribution in [2.75, 3.05) is 11.9 Å². The molecule has 3 aromatic carbocycles. The van der Waals surface area contributed by atoms with E-state index in [-0.39, 0.29) is 12.5 Å². The van der Waals surface area contributed by atoms with Gasteiger partial charge in [-0.3, -0.25) is 9.59 Å². The van der Waals surface area contributed by atoms with Gasteiger partial charge in [0.2, 0.25) is 5.91 Å². The van der Waals surface area contributed by atoms with Crippen molar-refractivity contribution >= 4 is 29.1 Å². The lowest BCUT2D eigenvalue weighted by atomic mass is 10.2. The highest BCUT2D eigenvalue weighted by molar-refractivity contribution is 6.33. The Hall–Kier alpha value is -3.31. The SMILES string of the molecule is Cc1cccc(Oc2ccccc2NC(=O)CNC(=O)c2ccccc2Cl)c1. The number of amides is 2. The molecule has 0 radical (unpaired) electrons. The summed E-state index contributed by atoms with van der Waals surface area (Å²) >= 11 is 6.00. The lowest BCUT2D eigenvalue weighted by Crippen LogP contribution is -2.33. The monoisotopic (exact) mass is 394 g/mol. The van der Waals surface area contributed by atoms with Gasteiger partial charge in [0.1, 0.15) is 5.75 Å². The van der Waals surface area contributed by atoms with E-state index in [4.69, 9.17) is 16.3 Å². The average molecular weight is 395 g/mol. The fourth-order valence-electron chi connectivity index (χ4n) is 2.56. The second-order valence-corrected chi connectivity index (χ2v) is 6.53. The molecule has 0 aliphatic heterocycles. The van der Waals surface area contributed by atoms with Crippen LogP contribution in [0.4, 0.5) is 5.69 Å². The molecule has 0 aliphatic carbocycles. The smallest absolute Gasteiger partial charge is 0.253 e. The molecule has 3 rings (SSSR count). The summed E-state index contributed by atoms with van der Waals surface area (Å²) in [7, 11) is 0. The zero-order valence-electron chi connectivity index (χ0n) is 15.2. The first-order valence-electron chi connectivity index (χ1n) is 8.69. The second-order valence-electron chi connectivity index (χ2n) is 6.13. The van der Waals surface area contributed by atoms with Crippen LogP contribution in [0.25, 0.3) is 0 Å². The van der Waals surface area contributed by atoms with Gasteiger partial charge in [-0.15, -0.1) is 0 Å². The van der Waals surface area contributed by atoms with Crippen LogP contribution in [0, 0.1) is 6.92 Å². The number of para-hydroxylation sites is 2. The first-order valence-corrected chi connectivity index (χ1v) is 9.07. The molecule has 6 heteroatoms. The molecular formula is C22H19ClN2O3. The molecule has 0 bridgehead atoms. The van der Waals surface area contributed by atoms with Crippen LogP contribution in [0.3, 0.4) is 0 Å². The Balaban J connectivity index is 1.63. The molecule has 0 spiro atoms. The number of carbonyl (C=O) groups excluding carboxylic acids is 2. The van der Waals surface area contributed by atoms with Gasteiger partial charge >= 0.3 is 0 Å². The fraction of sp³-hybridized carbons (Fsp3) is 0.0909. The number of halogens is 1. The zero-order valence-corrected chi connectivity index (χ0v) is 16.0. The average Bonchev–Trinajstić information content (AvgIpc) is 2.68. The van der Waals surface area contributed by atoms with Gasteiger partial charge in [-0.1, -0.05) is 48.0 Å². The summed E-state index contributed by atoms with van der Waals surface area (Å²) in [6.07, 6.45) is 0. The Kier molecular flexibility index (Phi) is 6.29. The maximum absolute atomic E-state index is 12.3. The molecule has 0 saturated carbocycles. The summed E-state index contributed by atoms with van der Waals surface area (Å²) < 4.78 is 5.88. The van der Waals surface area contributed by atoms with E-state index in [0.29, 0.717) is 27.8 Å². The Morgan fingerprint density at radius 3 is 2.50 bits per heavy atom. The predicted molar refractivity (Wildman–Crippen MR) is 110 cm³/mol. The lowest BCUT2D eigenvalue weighted by molar-refractivity contribution is -0.115. The van der Waals surface area contributed by atoms with E-state index >= 15 is 0 Å². The normalized spacial score (nSPS) is 10.2. The quantitative estimate of drug-likeness (QED) is 0.630. The molecule has 5 nitrogen and oxygen atoms in total. The number of carbonyl (C=O) groups is 2. The molecule has 3 aromatic rings. The molecule has 0 unspecified atom stereocenters. The third-order valence-electron chi connectivity index (χ3n) is 3.91. The second kappa shape index (κ2) is 9.06. The van der Waals surface area contributed by atoms with Crippen LogP contribution >= 0.6 is 11.6 Å². The van der Waals surface area contributed by atoms with Crippen molar-refractivity contribution in [3.8, 4) is 11.5 Å². The van der Waals surface area contributed by atoms with Crippen LogP contribution < -0.4 is 15.4 Å². The van der Waals surface area contributed by atoms with Crippen molar-refractivity contribution in [2.24, 2.45) is 0 Å². The predicted octanol–water partition coefficient (Wildman–Crippen LogP) is 4.81. The topological polar surface area (TPSA) is 67.4 Å². The number of rotatable bonds is 6. The maximum atomic E-state index is 12.3. The van der Waals surface area contributed by atoms with E-state index in [1.165, 1.54) is 0 Å². The van der Waals surface area contributed by atoms with Gasteiger partial charge in [0.25, 0.3) is 5.91 Å². The Bertz CT molecular complexity index is 1000. The minimum Gasteiger partial charge on any atom is -0.455 e. The van der Waals surface area contributed by atoms with Gasteiger partial charge in [-0.2, -0.15) is 0 Å². The van der Waals surface area contributed by atoms with E-state index in [9.17, 15) is 9.59 Å². The third kappa shape index (κ3) is 5.11. The number of anilines is 1. The molecule has 0 atom stereocenters. The van der Waals surface area contributed by atoms with Crippen LogP contribution in [-0.4, -0.2) is 18.4 Å². The summed E-state index contributed by atoms with van der Waals surface area (Å²) in [6.45, 7) is 1.78. The number of benzene rings is 3. The molecule has 2 amide bonds. The van der Waals surface area contributed by atoms with Crippen LogP contribution in [-0.2, 0) is 4.79 Å². The fourth-order valence-corrected chi connectivity index (χ4v) is 2.78. The maximum Gasteiger partial charge on any atom is 0.253 e. The molecule has 0 fully saturated rings. The Labute approximate surface area is 168 Å². The summed E-state index contributed by atoms with van der Waals surface area (Å²) in [5.41, 5.74) is 1.91. The van der Waals surface area contributed by atoms with E-state index in [1.807, 2.05) is 37.3 Å². The first kappa shape index (κ1) is 19.5. The van der Waals surface area contributed by atoms with Gasteiger partial charge in [0.15, 0.2) is 5.75 Å². The van der Waals surface area contributed by atoms with Gasteiger partial charge < -0.3 is 15.4 Å². The van der Waals surface area contributed by atoms with Gasteiger partial charge in [-0.05, 0) is 48.9 Å². The first-order chi connectivity index (χ1) is 13.5. The largest absolute Gasteiger partial charge is 0.455 e. The van der Waals surface area contributed by atoms with Crippen LogP contribution in [0.15, 0.2) is 72.8 Å². The van der Waals surface area contributed by atoms with Crippen LogP contribution in [0.1, 0.15) is 15.9 Å². The highest BCUT2D eigenvalue weighted by Crippen LogP contribution is 2.29. The van der Waals surface area contributed by atoms with Crippen molar-refractivity contribution in [1.82, 2.24) is 5.32 Å². The summed E-state index contributed by atoms with van der Waals surface area (Å²) in [5.74, 6) is 0.401. The molecule has 0 heterocycles. The minimum atomic E-state index is -0.412. The molecule has 142 valence electrons. The highest BCUT2D eigenvalue weighted by atomic mass is 35.5. The standard InChI is InChI=1S/C22H19ClN2O3/c1-15-7-6-8-16(13-15)28-20-12-5-4-11-19(20)25-21(26)14-24-22(27)17-9-2-3-10-18(17)23/h2-13H,14H2,1H3,(H,24,27)(H,25,26). The number of aryl methyl sites for hydroxylation is 1. The Morgan fingerprint density at radius 2 is 1.71 bits per heavy atom. The Morgan fingerprint density at radius 1 is 0.964 bits per heavy atom. The highest BCUT2D eigenvalue weighted by Gasteiger charge is 2.13. The van der Waals surface area contributed by atoms with Crippen molar-refractivity contribution in [1.29, 1.82) is 0 Å². The summed E-state index contributed by atoms with van der Waals surface area (Å²) in [4.78, 5) is 24.4. The van der Waals surface area contributed by atoms with E-state index in [0.717, 1.165) is 5.56 Å². The zero-order chi connectivity index (χ0) is 19.9. The third-order valence-corrected chi connectivity index (χ3v) is 4.24. The van der Waals surface area contributed by atoms with E-state index < -0.39 is 5.91 Å². The summed E-state index contributed by atoms with van der Waals surface area (Å²) in [6, 6.07) is 21.4. The lowest BCUT2D eigenvalue weighted by Gasteiger charge is -2.13. The van der Waals surface area contributed by atoms with E-state index in [1.54, 1.807) is 42.5 Å². The molecule has 0 aliphatic rings. The van der Waals surface area contributed by atoms with Crippen LogP contribution in [0.5, 0.6) is 11.5 Å².